The lowest BCUT2D eigenvalue weighted by molar-refractivity contribution is -0.140. The Morgan fingerprint density at radius 1 is 1.25 bits per heavy atom. The van der Waals surface area contributed by atoms with E-state index < -0.39 is 30.3 Å². The smallest absolute Gasteiger partial charge is 0.407 e. The van der Waals surface area contributed by atoms with Gasteiger partial charge in [0.2, 0.25) is 0 Å². The van der Waals surface area contributed by atoms with E-state index >= 15 is 0 Å². The molecule has 0 fully saturated rings. The van der Waals surface area contributed by atoms with Crippen LogP contribution in [0.1, 0.15) is 25.3 Å². The molecule has 2 N–H and O–H groups in total. The van der Waals surface area contributed by atoms with E-state index in [4.69, 9.17) is 9.84 Å². The summed E-state index contributed by atoms with van der Waals surface area (Å²) >= 11 is 0. The number of rotatable bonds is 7. The second-order valence-electron chi connectivity index (χ2n) is 4.42. The predicted molar refractivity (Wildman–Crippen MR) is 71.1 cm³/mol. The van der Waals surface area contributed by atoms with Crippen LogP contribution in [0, 0.1) is 0 Å². The Bertz CT molecular complexity index is 472. The van der Waals surface area contributed by atoms with Gasteiger partial charge in [0.1, 0.15) is 18.8 Å². The predicted octanol–water partition coefficient (Wildman–Crippen LogP) is 1.74. The summed E-state index contributed by atoms with van der Waals surface area (Å²) in [4.78, 5) is 33.1. The van der Waals surface area contributed by atoms with Crippen LogP contribution >= 0.6 is 0 Å². The molecule has 0 radical (unpaired) electrons. The summed E-state index contributed by atoms with van der Waals surface area (Å²) in [6.45, 7) is 1.76. The van der Waals surface area contributed by atoms with E-state index in [0.29, 0.717) is 0 Å². The summed E-state index contributed by atoms with van der Waals surface area (Å²) in [5, 5.41) is 10.9. The highest BCUT2D eigenvalue weighted by Gasteiger charge is 2.14. The maximum absolute atomic E-state index is 11.5. The van der Waals surface area contributed by atoms with Crippen LogP contribution in [0.15, 0.2) is 30.3 Å². The average molecular weight is 279 g/mol. The van der Waals surface area contributed by atoms with E-state index in [9.17, 15) is 14.4 Å². The average Bonchev–Trinajstić information content (AvgIpc) is 2.36. The van der Waals surface area contributed by atoms with Gasteiger partial charge in [-0.2, -0.15) is 0 Å². The lowest BCUT2D eigenvalue weighted by Crippen LogP contribution is -2.34. The van der Waals surface area contributed by atoms with Gasteiger partial charge in [-0.15, -0.1) is 0 Å². The van der Waals surface area contributed by atoms with Crippen LogP contribution in [0.4, 0.5) is 4.79 Å². The summed E-state index contributed by atoms with van der Waals surface area (Å²) in [5.41, 5.74) is 0.859. The Balaban J connectivity index is 2.28. The van der Waals surface area contributed by atoms with Gasteiger partial charge >= 0.3 is 12.1 Å². The number of nitrogens with one attached hydrogen (secondary N) is 1. The van der Waals surface area contributed by atoms with Crippen LogP contribution in [0.25, 0.3) is 0 Å². The van der Waals surface area contributed by atoms with E-state index in [1.165, 1.54) is 0 Å². The molecule has 0 saturated carbocycles. The first-order valence-electron chi connectivity index (χ1n) is 6.18. The van der Waals surface area contributed by atoms with Gasteiger partial charge in [-0.1, -0.05) is 30.3 Å². The van der Waals surface area contributed by atoms with Crippen molar-refractivity contribution in [3.63, 3.8) is 0 Å². The molecule has 1 rings (SSSR count). The number of benzene rings is 1. The number of carboxylic acids is 1. The monoisotopic (exact) mass is 279 g/mol. The van der Waals surface area contributed by atoms with Gasteiger partial charge in [0, 0.05) is 12.5 Å². The number of ether oxygens (including phenoxy) is 1. The molecule has 20 heavy (non-hydrogen) atoms. The molecular formula is C14H17NO5. The number of hydrogen-bond donors (Lipinski definition) is 2. The van der Waals surface area contributed by atoms with Crippen molar-refractivity contribution in [2.75, 3.05) is 0 Å². The molecule has 6 heteroatoms. The highest BCUT2D eigenvalue weighted by Crippen LogP contribution is 2.02. The first kappa shape index (κ1) is 15.7. The second kappa shape index (κ2) is 7.93. The zero-order valence-corrected chi connectivity index (χ0v) is 11.2. The topological polar surface area (TPSA) is 92.7 Å². The molecule has 1 atom stereocenters. The SMILES string of the molecule is C[C@@H](CC(=O)CC(=O)O)NC(=O)OCc1ccccc1. The van der Waals surface area contributed by atoms with E-state index in [1.54, 1.807) is 6.92 Å². The molecule has 1 aromatic carbocycles. The van der Waals surface area contributed by atoms with E-state index in [1.807, 2.05) is 30.3 Å². The number of carbonyl (C=O) groups is 3. The quantitative estimate of drug-likeness (QED) is 0.741. The van der Waals surface area contributed by atoms with Crippen LogP contribution < -0.4 is 5.32 Å². The van der Waals surface area contributed by atoms with Crippen LogP contribution in [0.2, 0.25) is 0 Å². The number of amides is 1. The van der Waals surface area contributed by atoms with Crippen LogP contribution in [-0.4, -0.2) is 29.0 Å². The van der Waals surface area contributed by atoms with Gasteiger partial charge in [0.25, 0.3) is 0 Å². The molecule has 108 valence electrons. The molecule has 0 aliphatic rings. The first-order chi connectivity index (χ1) is 9.47. The fraction of sp³-hybridized carbons (Fsp3) is 0.357. The molecule has 1 aromatic rings. The zero-order chi connectivity index (χ0) is 15.0. The number of ketones is 1. The highest BCUT2D eigenvalue weighted by molar-refractivity contribution is 5.95. The second-order valence-corrected chi connectivity index (χ2v) is 4.42. The van der Waals surface area contributed by atoms with Crippen LogP contribution in [0.5, 0.6) is 0 Å². The number of carboxylic acid groups (broad SMARTS) is 1. The van der Waals surface area contributed by atoms with Gasteiger partial charge in [-0.3, -0.25) is 9.59 Å². The Labute approximate surface area is 116 Å². The summed E-state index contributed by atoms with van der Waals surface area (Å²) in [6.07, 6.45) is -1.21. The molecule has 0 aliphatic carbocycles. The fourth-order valence-corrected chi connectivity index (χ4v) is 1.60. The van der Waals surface area contributed by atoms with Gasteiger partial charge < -0.3 is 15.2 Å². The normalized spacial score (nSPS) is 11.4. The minimum absolute atomic E-state index is 0.0350. The van der Waals surface area contributed by atoms with Gasteiger partial charge in [0.15, 0.2) is 0 Å². The van der Waals surface area contributed by atoms with Crippen molar-refractivity contribution in [3.05, 3.63) is 35.9 Å². The Morgan fingerprint density at radius 2 is 1.90 bits per heavy atom. The maximum Gasteiger partial charge on any atom is 0.407 e. The Morgan fingerprint density at radius 3 is 2.50 bits per heavy atom. The lowest BCUT2D eigenvalue weighted by Gasteiger charge is -2.13. The Hall–Kier alpha value is -2.37. The highest BCUT2D eigenvalue weighted by atomic mass is 16.5. The third kappa shape index (κ3) is 6.53. The maximum atomic E-state index is 11.5. The van der Waals surface area contributed by atoms with Crippen molar-refractivity contribution in [3.8, 4) is 0 Å². The number of alkyl carbamates (subject to hydrolysis) is 1. The molecule has 6 nitrogen and oxygen atoms in total. The van der Waals surface area contributed by atoms with E-state index in [2.05, 4.69) is 5.32 Å². The molecule has 0 spiro atoms. The standard InChI is InChI=1S/C14H17NO5/c1-10(7-12(16)8-13(17)18)15-14(19)20-9-11-5-3-2-4-6-11/h2-6,10H,7-9H2,1H3,(H,15,19)(H,17,18)/t10-/m0/s1. The number of carbonyl (C=O) groups excluding carboxylic acids is 2. The molecular weight excluding hydrogens is 262 g/mol. The zero-order valence-electron chi connectivity index (χ0n) is 11.2. The molecule has 0 aliphatic heterocycles. The minimum atomic E-state index is -1.17. The minimum Gasteiger partial charge on any atom is -0.481 e. The lowest BCUT2D eigenvalue weighted by atomic mass is 10.1. The van der Waals surface area contributed by atoms with Gasteiger partial charge in [-0.25, -0.2) is 4.79 Å². The van der Waals surface area contributed by atoms with E-state index in [0.717, 1.165) is 5.56 Å². The molecule has 0 heterocycles. The van der Waals surface area contributed by atoms with Crippen LogP contribution in [-0.2, 0) is 20.9 Å². The third-order valence-electron chi connectivity index (χ3n) is 2.46. The summed E-state index contributed by atoms with van der Waals surface area (Å²) in [6, 6.07) is 8.72. The molecule has 0 aromatic heterocycles. The summed E-state index contributed by atoms with van der Waals surface area (Å²) < 4.78 is 4.98. The molecule has 1 amide bonds. The van der Waals surface area contributed by atoms with Crippen molar-refractivity contribution in [1.82, 2.24) is 5.32 Å². The van der Waals surface area contributed by atoms with Crippen LogP contribution in [0.3, 0.4) is 0 Å². The largest absolute Gasteiger partial charge is 0.481 e. The van der Waals surface area contributed by atoms with Crippen molar-refractivity contribution in [2.45, 2.75) is 32.4 Å². The summed E-state index contributed by atoms with van der Waals surface area (Å²) in [7, 11) is 0. The third-order valence-corrected chi connectivity index (χ3v) is 2.46. The molecule has 0 unspecified atom stereocenters. The van der Waals surface area contributed by atoms with Crippen molar-refractivity contribution in [2.24, 2.45) is 0 Å². The van der Waals surface area contributed by atoms with Crippen molar-refractivity contribution in [1.29, 1.82) is 0 Å². The van der Waals surface area contributed by atoms with E-state index in [-0.39, 0.29) is 13.0 Å². The number of Topliss-reactive ketones (excluding diaryl/α,β-unsaturated/α-hetero) is 1. The van der Waals surface area contributed by atoms with Crippen molar-refractivity contribution < 1.29 is 24.2 Å². The summed E-state index contributed by atoms with van der Waals surface area (Å²) in [5.74, 6) is -1.61. The van der Waals surface area contributed by atoms with Crippen molar-refractivity contribution >= 4 is 17.8 Å². The molecule has 0 saturated heterocycles. The molecule has 0 bridgehead atoms. The van der Waals surface area contributed by atoms with Gasteiger partial charge in [0.05, 0.1) is 0 Å². The van der Waals surface area contributed by atoms with Gasteiger partial charge in [-0.05, 0) is 12.5 Å². The fourth-order valence-electron chi connectivity index (χ4n) is 1.60. The first-order valence-corrected chi connectivity index (χ1v) is 6.18. The number of hydrogen-bond acceptors (Lipinski definition) is 4. The Kier molecular flexibility index (Phi) is 6.22. The number of aliphatic carboxylic acids is 1.